The summed E-state index contributed by atoms with van der Waals surface area (Å²) in [5.74, 6) is -0.217. The lowest BCUT2D eigenvalue weighted by Crippen LogP contribution is -2.20. The number of benzene rings is 1. The molecule has 1 aromatic heterocycles. The van der Waals surface area contributed by atoms with Crippen molar-refractivity contribution in [2.24, 2.45) is 0 Å². The van der Waals surface area contributed by atoms with Gasteiger partial charge in [0.1, 0.15) is 5.82 Å². The summed E-state index contributed by atoms with van der Waals surface area (Å²) < 4.78 is 14.2. The lowest BCUT2D eigenvalue weighted by atomic mass is 10.0. The van der Waals surface area contributed by atoms with E-state index < -0.39 is 0 Å². The van der Waals surface area contributed by atoms with Crippen LogP contribution in [0.25, 0.3) is 0 Å². The molecular formula is C15H16BrFN2. The molecule has 1 heterocycles. The monoisotopic (exact) mass is 322 g/mol. The normalized spacial score (nSPS) is 12.4. The van der Waals surface area contributed by atoms with Crippen LogP contribution >= 0.6 is 15.9 Å². The SMILES string of the molecule is CNC(Cc1cc(F)ccc1Br)c1cccc(C)n1. The Bertz CT molecular complexity index is 572. The summed E-state index contributed by atoms with van der Waals surface area (Å²) >= 11 is 3.46. The van der Waals surface area contributed by atoms with Crippen LogP contribution in [0.4, 0.5) is 4.39 Å². The van der Waals surface area contributed by atoms with Gasteiger partial charge in [-0.25, -0.2) is 4.39 Å². The Kier molecular flexibility index (Phi) is 4.66. The molecule has 0 aliphatic heterocycles. The van der Waals surface area contributed by atoms with E-state index in [0.717, 1.165) is 21.4 Å². The lowest BCUT2D eigenvalue weighted by molar-refractivity contribution is 0.568. The zero-order valence-corrected chi connectivity index (χ0v) is 12.5. The average Bonchev–Trinajstić information content (AvgIpc) is 2.39. The third kappa shape index (κ3) is 3.61. The van der Waals surface area contributed by atoms with Crippen LogP contribution in [0.15, 0.2) is 40.9 Å². The van der Waals surface area contributed by atoms with Crippen molar-refractivity contribution in [1.29, 1.82) is 0 Å². The summed E-state index contributed by atoms with van der Waals surface area (Å²) in [7, 11) is 1.89. The molecule has 1 atom stereocenters. The van der Waals surface area contributed by atoms with Crippen LogP contribution in [0.2, 0.25) is 0 Å². The maximum absolute atomic E-state index is 13.3. The summed E-state index contributed by atoms with van der Waals surface area (Å²) in [5, 5.41) is 3.23. The van der Waals surface area contributed by atoms with E-state index in [-0.39, 0.29) is 11.9 Å². The zero-order chi connectivity index (χ0) is 13.8. The standard InChI is InChI=1S/C15H16BrFN2/c1-10-4-3-5-14(19-10)15(18-2)9-11-8-12(17)6-7-13(11)16/h3-8,15,18H,9H2,1-2H3. The van der Waals surface area contributed by atoms with E-state index >= 15 is 0 Å². The van der Waals surface area contributed by atoms with E-state index in [0.29, 0.717) is 6.42 Å². The number of pyridine rings is 1. The van der Waals surface area contributed by atoms with Gasteiger partial charge in [-0.2, -0.15) is 0 Å². The fourth-order valence-electron chi connectivity index (χ4n) is 2.03. The van der Waals surface area contributed by atoms with Crippen molar-refractivity contribution < 1.29 is 4.39 Å². The van der Waals surface area contributed by atoms with Crippen molar-refractivity contribution in [2.45, 2.75) is 19.4 Å². The third-order valence-electron chi connectivity index (χ3n) is 3.05. The number of halogens is 2. The number of hydrogen-bond acceptors (Lipinski definition) is 2. The molecule has 100 valence electrons. The van der Waals surface area contributed by atoms with Crippen LogP contribution in [0, 0.1) is 12.7 Å². The second-order valence-corrected chi connectivity index (χ2v) is 5.34. The topological polar surface area (TPSA) is 24.9 Å². The zero-order valence-electron chi connectivity index (χ0n) is 11.0. The van der Waals surface area contributed by atoms with Crippen molar-refractivity contribution in [3.05, 3.63) is 63.6 Å². The number of likely N-dealkylation sites (N-methyl/N-ethyl adjacent to an activating group) is 1. The smallest absolute Gasteiger partial charge is 0.123 e. The molecule has 2 nitrogen and oxygen atoms in total. The highest BCUT2D eigenvalue weighted by molar-refractivity contribution is 9.10. The van der Waals surface area contributed by atoms with Crippen molar-refractivity contribution in [1.82, 2.24) is 10.3 Å². The highest BCUT2D eigenvalue weighted by Crippen LogP contribution is 2.24. The Labute approximate surface area is 121 Å². The largest absolute Gasteiger partial charge is 0.311 e. The summed E-state index contributed by atoms with van der Waals surface area (Å²) in [6, 6.07) is 10.8. The molecule has 0 fully saturated rings. The molecule has 0 saturated heterocycles. The van der Waals surface area contributed by atoms with Crippen LogP contribution in [-0.2, 0) is 6.42 Å². The molecule has 0 saturated carbocycles. The number of aryl methyl sites for hydroxylation is 1. The van der Waals surface area contributed by atoms with Gasteiger partial charge in [0, 0.05) is 10.2 Å². The molecule has 0 amide bonds. The molecule has 19 heavy (non-hydrogen) atoms. The van der Waals surface area contributed by atoms with Gasteiger partial charge in [-0.1, -0.05) is 22.0 Å². The van der Waals surface area contributed by atoms with Gasteiger partial charge in [0.05, 0.1) is 11.7 Å². The van der Waals surface area contributed by atoms with Gasteiger partial charge in [-0.15, -0.1) is 0 Å². The molecule has 1 unspecified atom stereocenters. The Morgan fingerprint density at radius 1 is 1.32 bits per heavy atom. The van der Waals surface area contributed by atoms with Gasteiger partial charge >= 0.3 is 0 Å². The Morgan fingerprint density at radius 3 is 2.79 bits per heavy atom. The molecule has 0 bridgehead atoms. The molecular weight excluding hydrogens is 307 g/mol. The van der Waals surface area contributed by atoms with E-state index in [1.54, 1.807) is 12.1 Å². The molecule has 2 aromatic rings. The van der Waals surface area contributed by atoms with E-state index in [1.165, 1.54) is 6.07 Å². The minimum Gasteiger partial charge on any atom is -0.311 e. The summed E-state index contributed by atoms with van der Waals surface area (Å²) in [6.45, 7) is 1.97. The summed E-state index contributed by atoms with van der Waals surface area (Å²) in [6.07, 6.45) is 0.686. The first-order valence-electron chi connectivity index (χ1n) is 6.15. The molecule has 4 heteroatoms. The number of nitrogens with one attached hydrogen (secondary N) is 1. The van der Waals surface area contributed by atoms with Crippen molar-refractivity contribution in [2.75, 3.05) is 7.05 Å². The van der Waals surface area contributed by atoms with E-state index in [9.17, 15) is 4.39 Å². The number of rotatable bonds is 4. The second-order valence-electron chi connectivity index (χ2n) is 4.48. The first-order valence-corrected chi connectivity index (χ1v) is 6.94. The average molecular weight is 323 g/mol. The van der Waals surface area contributed by atoms with Gasteiger partial charge < -0.3 is 5.32 Å². The third-order valence-corrected chi connectivity index (χ3v) is 3.82. The Balaban J connectivity index is 2.26. The molecule has 0 radical (unpaired) electrons. The molecule has 0 spiro atoms. The van der Waals surface area contributed by atoms with Crippen LogP contribution in [0.3, 0.4) is 0 Å². The van der Waals surface area contributed by atoms with Crippen molar-refractivity contribution in [3.63, 3.8) is 0 Å². The maximum Gasteiger partial charge on any atom is 0.123 e. The number of hydrogen-bond donors (Lipinski definition) is 1. The molecule has 1 aromatic carbocycles. The fraction of sp³-hybridized carbons (Fsp3) is 0.267. The highest BCUT2D eigenvalue weighted by atomic mass is 79.9. The molecule has 2 rings (SSSR count). The molecule has 0 aliphatic rings. The van der Waals surface area contributed by atoms with E-state index in [4.69, 9.17) is 0 Å². The van der Waals surface area contributed by atoms with Gasteiger partial charge in [0.2, 0.25) is 0 Å². The van der Waals surface area contributed by atoms with Crippen LogP contribution in [0.5, 0.6) is 0 Å². The highest BCUT2D eigenvalue weighted by Gasteiger charge is 2.14. The summed E-state index contributed by atoms with van der Waals surface area (Å²) in [4.78, 5) is 4.52. The number of nitrogens with zero attached hydrogens (tertiary/aromatic N) is 1. The Morgan fingerprint density at radius 2 is 2.11 bits per heavy atom. The predicted molar refractivity (Wildman–Crippen MR) is 78.6 cm³/mol. The van der Waals surface area contributed by atoms with E-state index in [1.807, 2.05) is 32.2 Å². The minimum absolute atomic E-state index is 0.0676. The lowest BCUT2D eigenvalue weighted by Gasteiger charge is -2.17. The number of aromatic nitrogens is 1. The first kappa shape index (κ1) is 14.2. The van der Waals surface area contributed by atoms with Crippen molar-refractivity contribution in [3.8, 4) is 0 Å². The van der Waals surface area contributed by atoms with Crippen molar-refractivity contribution >= 4 is 15.9 Å². The molecule has 0 aliphatic carbocycles. The quantitative estimate of drug-likeness (QED) is 0.926. The minimum atomic E-state index is -0.217. The molecule has 1 N–H and O–H groups in total. The van der Waals surface area contributed by atoms with Crippen LogP contribution < -0.4 is 5.32 Å². The van der Waals surface area contributed by atoms with Crippen LogP contribution in [-0.4, -0.2) is 12.0 Å². The first-order chi connectivity index (χ1) is 9.10. The van der Waals surface area contributed by atoms with Gasteiger partial charge in [-0.05, 0) is 56.3 Å². The van der Waals surface area contributed by atoms with Gasteiger partial charge in [-0.3, -0.25) is 4.98 Å². The summed E-state index contributed by atoms with van der Waals surface area (Å²) in [5.41, 5.74) is 2.89. The van der Waals surface area contributed by atoms with Crippen LogP contribution in [0.1, 0.15) is 23.0 Å². The van der Waals surface area contributed by atoms with Gasteiger partial charge in [0.25, 0.3) is 0 Å². The fourth-order valence-corrected chi connectivity index (χ4v) is 2.44. The Hall–Kier alpha value is -1.26. The predicted octanol–water partition coefficient (Wildman–Crippen LogP) is 3.79. The van der Waals surface area contributed by atoms with Gasteiger partial charge in [0.15, 0.2) is 0 Å². The second kappa shape index (κ2) is 6.26. The maximum atomic E-state index is 13.3. The van der Waals surface area contributed by atoms with E-state index in [2.05, 4.69) is 26.2 Å².